The highest BCUT2D eigenvalue weighted by atomic mass is 16.3. The van der Waals surface area contributed by atoms with Crippen LogP contribution in [0.4, 0.5) is 0 Å². The van der Waals surface area contributed by atoms with Crippen molar-refractivity contribution in [1.82, 2.24) is 15.1 Å². The summed E-state index contributed by atoms with van der Waals surface area (Å²) in [6.45, 7) is 4.03. The standard InChI is InChI=1S/C11H19N3O/c1-2-14-9(8-15)7-11(13-14)10-5-3-4-6-12-10/h7,10,12,15H,2-6,8H2,1H3/t10-/m1/s1. The lowest BCUT2D eigenvalue weighted by atomic mass is 10.0. The van der Waals surface area contributed by atoms with E-state index in [2.05, 4.69) is 10.4 Å². The quantitative estimate of drug-likeness (QED) is 0.786. The highest BCUT2D eigenvalue weighted by Crippen LogP contribution is 2.22. The lowest BCUT2D eigenvalue weighted by molar-refractivity contribution is 0.268. The first-order chi connectivity index (χ1) is 7.35. The number of nitrogens with zero attached hydrogens (tertiary/aromatic N) is 2. The summed E-state index contributed by atoms with van der Waals surface area (Å²) < 4.78 is 1.88. The summed E-state index contributed by atoms with van der Waals surface area (Å²) in [7, 11) is 0. The number of rotatable bonds is 3. The summed E-state index contributed by atoms with van der Waals surface area (Å²) >= 11 is 0. The Morgan fingerprint density at radius 3 is 3.00 bits per heavy atom. The van der Waals surface area contributed by atoms with Gasteiger partial charge in [0.2, 0.25) is 0 Å². The third-order valence-electron chi connectivity index (χ3n) is 3.01. The molecule has 0 radical (unpaired) electrons. The van der Waals surface area contributed by atoms with E-state index < -0.39 is 0 Å². The third-order valence-corrected chi connectivity index (χ3v) is 3.01. The van der Waals surface area contributed by atoms with Crippen molar-refractivity contribution in [3.05, 3.63) is 17.5 Å². The molecule has 0 aliphatic carbocycles. The summed E-state index contributed by atoms with van der Waals surface area (Å²) in [4.78, 5) is 0. The second kappa shape index (κ2) is 4.77. The van der Waals surface area contributed by atoms with Crippen molar-refractivity contribution in [2.75, 3.05) is 6.54 Å². The van der Waals surface area contributed by atoms with Crippen LogP contribution in [-0.4, -0.2) is 21.4 Å². The molecule has 1 aliphatic rings. The van der Waals surface area contributed by atoms with Gasteiger partial charge >= 0.3 is 0 Å². The molecule has 2 heterocycles. The Balaban J connectivity index is 2.16. The smallest absolute Gasteiger partial charge is 0.0849 e. The molecule has 2 N–H and O–H groups in total. The minimum Gasteiger partial charge on any atom is -0.390 e. The van der Waals surface area contributed by atoms with Gasteiger partial charge in [-0.1, -0.05) is 6.42 Å². The first-order valence-electron chi connectivity index (χ1n) is 5.76. The Morgan fingerprint density at radius 2 is 2.47 bits per heavy atom. The number of aryl methyl sites for hydroxylation is 1. The SMILES string of the molecule is CCn1nc([C@H]2CCCCN2)cc1CO. The van der Waals surface area contributed by atoms with Crippen LogP contribution in [0.25, 0.3) is 0 Å². The van der Waals surface area contributed by atoms with Crippen LogP contribution in [0.1, 0.15) is 43.6 Å². The van der Waals surface area contributed by atoms with Gasteiger partial charge in [-0.2, -0.15) is 5.10 Å². The molecule has 1 saturated heterocycles. The van der Waals surface area contributed by atoms with Crippen LogP contribution in [0.2, 0.25) is 0 Å². The second-order valence-electron chi connectivity index (χ2n) is 4.04. The highest BCUT2D eigenvalue weighted by Gasteiger charge is 2.18. The molecule has 1 atom stereocenters. The van der Waals surface area contributed by atoms with E-state index in [-0.39, 0.29) is 6.61 Å². The Bertz CT molecular complexity index is 294. The van der Waals surface area contributed by atoms with Crippen LogP contribution >= 0.6 is 0 Å². The van der Waals surface area contributed by atoms with Gasteiger partial charge in [-0.05, 0) is 32.4 Å². The Morgan fingerprint density at radius 1 is 1.60 bits per heavy atom. The Hall–Kier alpha value is -0.870. The van der Waals surface area contributed by atoms with Crippen molar-refractivity contribution >= 4 is 0 Å². The fourth-order valence-electron chi connectivity index (χ4n) is 2.15. The molecule has 0 saturated carbocycles. The first-order valence-corrected chi connectivity index (χ1v) is 5.76. The summed E-state index contributed by atoms with van der Waals surface area (Å²) in [6.07, 6.45) is 3.69. The average molecular weight is 209 g/mol. The lowest BCUT2D eigenvalue weighted by Crippen LogP contribution is -2.27. The van der Waals surface area contributed by atoms with Gasteiger partial charge in [-0.3, -0.25) is 4.68 Å². The van der Waals surface area contributed by atoms with Crippen molar-refractivity contribution in [3.8, 4) is 0 Å². The molecule has 1 fully saturated rings. The molecule has 2 rings (SSSR count). The molecule has 0 aromatic carbocycles. The van der Waals surface area contributed by atoms with Crippen LogP contribution in [0.5, 0.6) is 0 Å². The third kappa shape index (κ3) is 2.21. The summed E-state index contributed by atoms with van der Waals surface area (Å²) in [5, 5.41) is 17.2. The van der Waals surface area contributed by atoms with Crippen molar-refractivity contribution in [2.24, 2.45) is 0 Å². The number of piperidine rings is 1. The average Bonchev–Trinajstić information content (AvgIpc) is 2.73. The fourth-order valence-corrected chi connectivity index (χ4v) is 2.15. The number of nitrogens with one attached hydrogen (secondary N) is 1. The molecular weight excluding hydrogens is 190 g/mol. The minimum atomic E-state index is 0.0769. The second-order valence-corrected chi connectivity index (χ2v) is 4.04. The highest BCUT2D eigenvalue weighted by molar-refractivity contribution is 5.14. The monoisotopic (exact) mass is 209 g/mol. The molecule has 4 nitrogen and oxygen atoms in total. The molecule has 0 amide bonds. The Labute approximate surface area is 90.3 Å². The first kappa shape index (κ1) is 10.6. The van der Waals surface area contributed by atoms with E-state index in [4.69, 9.17) is 0 Å². The maximum absolute atomic E-state index is 9.18. The van der Waals surface area contributed by atoms with E-state index in [0.717, 1.165) is 30.9 Å². The zero-order valence-electron chi connectivity index (χ0n) is 9.24. The maximum Gasteiger partial charge on any atom is 0.0849 e. The van der Waals surface area contributed by atoms with Gasteiger partial charge in [0, 0.05) is 6.54 Å². The molecule has 84 valence electrons. The molecular formula is C11H19N3O. The molecule has 1 aromatic heterocycles. The van der Waals surface area contributed by atoms with Crippen LogP contribution in [0.3, 0.4) is 0 Å². The zero-order chi connectivity index (χ0) is 10.7. The van der Waals surface area contributed by atoms with E-state index in [1.807, 2.05) is 17.7 Å². The van der Waals surface area contributed by atoms with Gasteiger partial charge in [-0.25, -0.2) is 0 Å². The van der Waals surface area contributed by atoms with Gasteiger partial charge in [0.25, 0.3) is 0 Å². The number of aliphatic hydroxyl groups excluding tert-OH is 1. The van der Waals surface area contributed by atoms with E-state index in [1.54, 1.807) is 0 Å². The van der Waals surface area contributed by atoms with E-state index >= 15 is 0 Å². The van der Waals surface area contributed by atoms with E-state index in [0.29, 0.717) is 6.04 Å². The number of aliphatic hydroxyl groups is 1. The normalized spacial score (nSPS) is 21.9. The number of hydrogen-bond donors (Lipinski definition) is 2. The molecule has 0 unspecified atom stereocenters. The summed E-state index contributed by atoms with van der Waals surface area (Å²) in [5.74, 6) is 0. The summed E-state index contributed by atoms with van der Waals surface area (Å²) in [5.41, 5.74) is 2.00. The lowest BCUT2D eigenvalue weighted by Gasteiger charge is -2.21. The predicted molar refractivity (Wildman–Crippen MR) is 58.4 cm³/mol. The molecule has 0 bridgehead atoms. The van der Waals surface area contributed by atoms with Gasteiger partial charge < -0.3 is 10.4 Å². The van der Waals surface area contributed by atoms with Crippen LogP contribution in [0.15, 0.2) is 6.07 Å². The maximum atomic E-state index is 9.18. The topological polar surface area (TPSA) is 50.1 Å². The van der Waals surface area contributed by atoms with Crippen molar-refractivity contribution in [1.29, 1.82) is 0 Å². The van der Waals surface area contributed by atoms with Crippen molar-refractivity contribution in [2.45, 2.75) is 45.4 Å². The number of aromatic nitrogens is 2. The van der Waals surface area contributed by atoms with Gasteiger partial charge in [0.15, 0.2) is 0 Å². The van der Waals surface area contributed by atoms with Crippen LogP contribution in [-0.2, 0) is 13.2 Å². The van der Waals surface area contributed by atoms with Gasteiger partial charge in [0.1, 0.15) is 0 Å². The number of hydrogen-bond acceptors (Lipinski definition) is 3. The largest absolute Gasteiger partial charge is 0.390 e. The Kier molecular flexibility index (Phi) is 3.38. The van der Waals surface area contributed by atoms with E-state index in [9.17, 15) is 5.11 Å². The predicted octanol–water partition coefficient (Wildman–Crippen LogP) is 1.21. The molecule has 0 spiro atoms. The van der Waals surface area contributed by atoms with Gasteiger partial charge in [0.05, 0.1) is 24.0 Å². The molecule has 1 aromatic rings. The van der Waals surface area contributed by atoms with E-state index in [1.165, 1.54) is 12.8 Å². The van der Waals surface area contributed by atoms with Crippen molar-refractivity contribution < 1.29 is 5.11 Å². The summed E-state index contributed by atoms with van der Waals surface area (Å²) in [6, 6.07) is 2.41. The minimum absolute atomic E-state index is 0.0769. The van der Waals surface area contributed by atoms with Gasteiger partial charge in [-0.15, -0.1) is 0 Å². The zero-order valence-corrected chi connectivity index (χ0v) is 9.24. The van der Waals surface area contributed by atoms with Crippen molar-refractivity contribution in [3.63, 3.8) is 0 Å². The molecule has 15 heavy (non-hydrogen) atoms. The molecule has 1 aliphatic heterocycles. The molecule has 4 heteroatoms. The fraction of sp³-hybridized carbons (Fsp3) is 0.727. The van der Waals surface area contributed by atoms with Crippen LogP contribution < -0.4 is 5.32 Å². The van der Waals surface area contributed by atoms with Crippen LogP contribution in [0, 0.1) is 0 Å².